The summed E-state index contributed by atoms with van der Waals surface area (Å²) in [5.41, 5.74) is 2.25. The molecule has 2 aromatic rings. The van der Waals surface area contributed by atoms with Crippen molar-refractivity contribution < 1.29 is 13.2 Å². The quantitative estimate of drug-likeness (QED) is 0.879. The first kappa shape index (κ1) is 14.1. The van der Waals surface area contributed by atoms with Crippen molar-refractivity contribution in [3.63, 3.8) is 0 Å². The first-order valence-electron chi connectivity index (χ1n) is 7.02. The Balaban J connectivity index is 1.75. The highest BCUT2D eigenvalue weighted by atomic mass is 19.4. The number of halogens is 3. The van der Waals surface area contributed by atoms with E-state index >= 15 is 0 Å². The lowest BCUT2D eigenvalue weighted by Crippen LogP contribution is -2.21. The molecule has 0 aromatic heterocycles. The van der Waals surface area contributed by atoms with Crippen LogP contribution in [0, 0.1) is 0 Å². The SMILES string of the molecule is FC(F)(F)c1ccccc1CNC1CCc2ccccc21. The topological polar surface area (TPSA) is 12.0 Å². The Morgan fingerprint density at radius 1 is 1.00 bits per heavy atom. The summed E-state index contributed by atoms with van der Waals surface area (Å²) in [6, 6.07) is 14.0. The molecule has 2 aromatic carbocycles. The van der Waals surface area contributed by atoms with Crippen LogP contribution >= 0.6 is 0 Å². The molecule has 0 saturated heterocycles. The van der Waals surface area contributed by atoms with Crippen molar-refractivity contribution in [2.75, 3.05) is 0 Å². The molecule has 0 bridgehead atoms. The standard InChI is InChI=1S/C17H16F3N/c18-17(19,20)15-8-4-2-6-13(15)11-21-16-10-9-12-5-1-3-7-14(12)16/h1-8,16,21H,9-11H2. The van der Waals surface area contributed by atoms with Gasteiger partial charge in [0.15, 0.2) is 0 Å². The second-order valence-electron chi connectivity index (χ2n) is 5.33. The Labute approximate surface area is 121 Å². The minimum atomic E-state index is -4.30. The zero-order valence-electron chi connectivity index (χ0n) is 11.5. The van der Waals surface area contributed by atoms with Crippen LogP contribution in [0.4, 0.5) is 13.2 Å². The molecule has 0 amide bonds. The van der Waals surface area contributed by atoms with Gasteiger partial charge < -0.3 is 5.32 Å². The molecule has 0 radical (unpaired) electrons. The van der Waals surface area contributed by atoms with Crippen LogP contribution in [-0.4, -0.2) is 0 Å². The first-order chi connectivity index (χ1) is 10.1. The van der Waals surface area contributed by atoms with Crippen molar-refractivity contribution in [1.29, 1.82) is 0 Å². The van der Waals surface area contributed by atoms with E-state index in [2.05, 4.69) is 17.4 Å². The molecule has 0 aliphatic heterocycles. The number of hydrogen-bond donors (Lipinski definition) is 1. The molecule has 21 heavy (non-hydrogen) atoms. The maximum atomic E-state index is 13.0. The predicted octanol–water partition coefficient (Wildman–Crippen LogP) is 4.48. The summed E-state index contributed by atoms with van der Waals surface area (Å²) >= 11 is 0. The Bertz CT molecular complexity index is 634. The molecule has 1 N–H and O–H groups in total. The highest BCUT2D eigenvalue weighted by Gasteiger charge is 2.33. The van der Waals surface area contributed by atoms with E-state index in [0.29, 0.717) is 5.56 Å². The van der Waals surface area contributed by atoms with Crippen molar-refractivity contribution in [3.8, 4) is 0 Å². The van der Waals surface area contributed by atoms with Gasteiger partial charge in [0.05, 0.1) is 5.56 Å². The number of alkyl halides is 3. The Kier molecular flexibility index (Phi) is 3.72. The highest BCUT2D eigenvalue weighted by molar-refractivity contribution is 5.35. The maximum absolute atomic E-state index is 13.0. The van der Waals surface area contributed by atoms with Crippen LogP contribution in [0.1, 0.15) is 34.7 Å². The van der Waals surface area contributed by atoms with Crippen LogP contribution in [0.5, 0.6) is 0 Å². The summed E-state index contributed by atoms with van der Waals surface area (Å²) in [5, 5.41) is 3.27. The molecule has 1 nitrogen and oxygen atoms in total. The molecule has 110 valence electrons. The number of nitrogens with one attached hydrogen (secondary N) is 1. The molecule has 0 fully saturated rings. The second-order valence-corrected chi connectivity index (χ2v) is 5.33. The van der Waals surface area contributed by atoms with Gasteiger partial charge in [0, 0.05) is 12.6 Å². The second kappa shape index (κ2) is 5.53. The fraction of sp³-hybridized carbons (Fsp3) is 0.294. The number of fused-ring (bicyclic) bond motifs is 1. The molecule has 0 heterocycles. The molecule has 1 aliphatic rings. The summed E-state index contributed by atoms with van der Waals surface area (Å²) < 4.78 is 38.9. The van der Waals surface area contributed by atoms with Gasteiger partial charge in [-0.25, -0.2) is 0 Å². The molecular weight excluding hydrogens is 275 g/mol. The van der Waals surface area contributed by atoms with Gasteiger partial charge in [-0.15, -0.1) is 0 Å². The van der Waals surface area contributed by atoms with Crippen molar-refractivity contribution in [2.45, 2.75) is 31.6 Å². The van der Waals surface area contributed by atoms with E-state index in [9.17, 15) is 13.2 Å². The van der Waals surface area contributed by atoms with Crippen LogP contribution in [0.3, 0.4) is 0 Å². The van der Waals surface area contributed by atoms with E-state index in [-0.39, 0.29) is 12.6 Å². The van der Waals surface area contributed by atoms with Gasteiger partial charge in [0.1, 0.15) is 0 Å². The van der Waals surface area contributed by atoms with Crippen LogP contribution < -0.4 is 5.32 Å². The average molecular weight is 291 g/mol. The third kappa shape index (κ3) is 2.95. The van der Waals surface area contributed by atoms with E-state index in [4.69, 9.17) is 0 Å². The lowest BCUT2D eigenvalue weighted by atomic mass is 10.1. The monoisotopic (exact) mass is 291 g/mol. The van der Waals surface area contributed by atoms with E-state index in [1.165, 1.54) is 23.3 Å². The molecule has 4 heteroatoms. The highest BCUT2D eigenvalue weighted by Crippen LogP contribution is 2.34. The van der Waals surface area contributed by atoms with E-state index in [1.54, 1.807) is 6.07 Å². The molecular formula is C17H16F3N. The van der Waals surface area contributed by atoms with Crippen LogP contribution in [0.2, 0.25) is 0 Å². The summed E-state index contributed by atoms with van der Waals surface area (Å²) in [7, 11) is 0. The summed E-state index contributed by atoms with van der Waals surface area (Å²) in [4.78, 5) is 0. The maximum Gasteiger partial charge on any atom is 0.416 e. The molecule has 0 spiro atoms. The van der Waals surface area contributed by atoms with Crippen LogP contribution in [0.15, 0.2) is 48.5 Å². The normalized spacial score (nSPS) is 17.8. The van der Waals surface area contributed by atoms with Crippen molar-refractivity contribution in [2.24, 2.45) is 0 Å². The molecule has 0 saturated carbocycles. The van der Waals surface area contributed by atoms with Gasteiger partial charge in [0.2, 0.25) is 0 Å². The lowest BCUT2D eigenvalue weighted by Gasteiger charge is -2.17. The molecule has 1 atom stereocenters. The lowest BCUT2D eigenvalue weighted by molar-refractivity contribution is -0.138. The van der Waals surface area contributed by atoms with Gasteiger partial charge in [-0.05, 0) is 35.6 Å². The minimum Gasteiger partial charge on any atom is -0.306 e. The fourth-order valence-corrected chi connectivity index (χ4v) is 2.95. The van der Waals surface area contributed by atoms with Crippen molar-refractivity contribution in [3.05, 3.63) is 70.8 Å². The Morgan fingerprint density at radius 2 is 1.71 bits per heavy atom. The van der Waals surface area contributed by atoms with Gasteiger partial charge in [-0.1, -0.05) is 42.5 Å². The zero-order chi connectivity index (χ0) is 14.9. The number of benzene rings is 2. The molecule has 1 unspecified atom stereocenters. The molecule has 3 rings (SSSR count). The van der Waals surface area contributed by atoms with Gasteiger partial charge in [-0.3, -0.25) is 0 Å². The number of aryl methyl sites for hydroxylation is 1. The largest absolute Gasteiger partial charge is 0.416 e. The Morgan fingerprint density at radius 3 is 2.52 bits per heavy atom. The van der Waals surface area contributed by atoms with Crippen molar-refractivity contribution >= 4 is 0 Å². The van der Waals surface area contributed by atoms with E-state index in [1.807, 2.05) is 12.1 Å². The summed E-state index contributed by atoms with van der Waals surface area (Å²) in [6.07, 6.45) is -2.38. The van der Waals surface area contributed by atoms with Gasteiger partial charge in [-0.2, -0.15) is 13.2 Å². The van der Waals surface area contributed by atoms with E-state index in [0.717, 1.165) is 18.9 Å². The first-order valence-corrected chi connectivity index (χ1v) is 7.02. The van der Waals surface area contributed by atoms with Crippen LogP contribution in [-0.2, 0) is 19.1 Å². The van der Waals surface area contributed by atoms with Crippen molar-refractivity contribution in [1.82, 2.24) is 5.32 Å². The van der Waals surface area contributed by atoms with Gasteiger partial charge >= 0.3 is 6.18 Å². The average Bonchev–Trinajstić information content (AvgIpc) is 2.88. The third-order valence-electron chi connectivity index (χ3n) is 3.99. The fourth-order valence-electron chi connectivity index (χ4n) is 2.95. The minimum absolute atomic E-state index is 0.141. The number of hydrogen-bond acceptors (Lipinski definition) is 1. The third-order valence-corrected chi connectivity index (χ3v) is 3.99. The summed E-state index contributed by atoms with van der Waals surface area (Å²) in [6.45, 7) is 0.231. The van der Waals surface area contributed by atoms with Gasteiger partial charge in [0.25, 0.3) is 0 Å². The predicted molar refractivity (Wildman–Crippen MR) is 75.8 cm³/mol. The van der Waals surface area contributed by atoms with Crippen LogP contribution in [0.25, 0.3) is 0 Å². The zero-order valence-corrected chi connectivity index (χ0v) is 11.5. The summed E-state index contributed by atoms with van der Waals surface area (Å²) in [5.74, 6) is 0. The molecule has 1 aliphatic carbocycles. The number of rotatable bonds is 3. The smallest absolute Gasteiger partial charge is 0.306 e. The van der Waals surface area contributed by atoms with E-state index < -0.39 is 11.7 Å². The Hall–Kier alpha value is -1.81.